The van der Waals surface area contributed by atoms with Crippen LogP contribution in [0.1, 0.15) is 86.3 Å². The number of carbonyl (C=O) groups is 4. The lowest BCUT2D eigenvalue weighted by Gasteiger charge is -2.40. The van der Waals surface area contributed by atoms with Crippen molar-refractivity contribution in [2.45, 2.75) is 123 Å². The first-order valence-corrected chi connectivity index (χ1v) is 18.1. The van der Waals surface area contributed by atoms with E-state index in [2.05, 4.69) is 16.0 Å². The number of aliphatic hydroxyl groups is 1. The van der Waals surface area contributed by atoms with Crippen molar-refractivity contribution in [3.8, 4) is 0 Å². The van der Waals surface area contributed by atoms with Crippen LogP contribution in [0.2, 0.25) is 0 Å². The molecule has 0 radical (unpaired) electrons. The van der Waals surface area contributed by atoms with Gasteiger partial charge in [0.25, 0.3) is 0 Å². The summed E-state index contributed by atoms with van der Waals surface area (Å²) in [5.41, 5.74) is 0.710. The van der Waals surface area contributed by atoms with Gasteiger partial charge in [-0.15, -0.1) is 0 Å². The van der Waals surface area contributed by atoms with Gasteiger partial charge in [-0.3, -0.25) is 19.2 Å². The highest BCUT2D eigenvalue weighted by Gasteiger charge is 2.43. The molecule has 50 heavy (non-hydrogen) atoms. The van der Waals surface area contributed by atoms with Crippen LogP contribution in [0.5, 0.6) is 0 Å². The number of methoxy groups -OCH3 is 2. The zero-order valence-corrected chi connectivity index (χ0v) is 32.4. The average molecular weight is 704 g/mol. The van der Waals surface area contributed by atoms with Crippen LogP contribution in [0, 0.1) is 23.7 Å². The van der Waals surface area contributed by atoms with E-state index >= 15 is 0 Å². The molecule has 12 nitrogen and oxygen atoms in total. The first-order valence-electron chi connectivity index (χ1n) is 18.1. The predicted molar refractivity (Wildman–Crippen MR) is 195 cm³/mol. The van der Waals surface area contributed by atoms with Gasteiger partial charge in [0.2, 0.25) is 23.6 Å². The molecule has 1 saturated heterocycles. The maximum atomic E-state index is 14.0. The Balaban J connectivity index is 2.20. The number of rotatable bonds is 19. The van der Waals surface area contributed by atoms with Crippen molar-refractivity contribution < 1.29 is 33.8 Å². The van der Waals surface area contributed by atoms with Crippen LogP contribution in [0.4, 0.5) is 0 Å². The number of aliphatic hydroxyl groups excluding tert-OH is 1. The number of carbonyl (C=O) groups excluding carboxylic acids is 4. The van der Waals surface area contributed by atoms with Crippen molar-refractivity contribution in [3.05, 3.63) is 35.9 Å². The summed E-state index contributed by atoms with van der Waals surface area (Å²) in [6, 6.07) is 6.65. The monoisotopic (exact) mass is 703 g/mol. The third-order valence-corrected chi connectivity index (χ3v) is 10.2. The number of likely N-dealkylation sites (tertiary alicyclic amines) is 1. The van der Waals surface area contributed by atoms with Crippen LogP contribution in [-0.2, 0) is 28.7 Å². The summed E-state index contributed by atoms with van der Waals surface area (Å²) in [5, 5.41) is 19.7. The minimum Gasteiger partial charge on any atom is -0.386 e. The van der Waals surface area contributed by atoms with Gasteiger partial charge in [-0.2, -0.15) is 0 Å². The number of hydrogen-bond donors (Lipinski definition) is 4. The maximum absolute atomic E-state index is 14.0. The van der Waals surface area contributed by atoms with E-state index in [1.54, 1.807) is 52.0 Å². The van der Waals surface area contributed by atoms with Gasteiger partial charge < -0.3 is 40.3 Å². The summed E-state index contributed by atoms with van der Waals surface area (Å²) < 4.78 is 11.8. The smallest absolute Gasteiger partial charge is 0.245 e. The van der Waals surface area contributed by atoms with Crippen molar-refractivity contribution in [1.82, 2.24) is 25.8 Å². The lowest BCUT2D eigenvalue weighted by Crippen LogP contribution is -2.59. The van der Waals surface area contributed by atoms with Crippen LogP contribution < -0.4 is 16.0 Å². The molecule has 12 heteroatoms. The summed E-state index contributed by atoms with van der Waals surface area (Å²) in [7, 11) is 6.53. The van der Waals surface area contributed by atoms with Crippen LogP contribution in [0.25, 0.3) is 0 Å². The van der Waals surface area contributed by atoms with E-state index in [0.29, 0.717) is 18.5 Å². The van der Waals surface area contributed by atoms with Crippen LogP contribution >= 0.6 is 0 Å². The molecule has 0 aliphatic carbocycles. The van der Waals surface area contributed by atoms with E-state index in [9.17, 15) is 24.3 Å². The number of amides is 4. The second-order valence-corrected chi connectivity index (χ2v) is 14.8. The lowest BCUT2D eigenvalue weighted by molar-refractivity contribution is -0.147. The SMILES string of the molecule is CN[C@@H](C(=O)N[C@@H](C(=O)N(C)[C@H](C(C)C)[C@H](CC(=O)N1CCC[C@@H]1[C@@H](OC)[C@H](C)C(=O)N[C@@H](C)C(O)c1ccccc1)OC)C(C)C)C(C)C. The lowest BCUT2D eigenvalue weighted by atomic mass is 9.91. The summed E-state index contributed by atoms with van der Waals surface area (Å²) in [6.45, 7) is 15.7. The van der Waals surface area contributed by atoms with Gasteiger partial charge >= 0.3 is 0 Å². The number of ether oxygens (including phenoxy) is 2. The van der Waals surface area contributed by atoms with E-state index in [4.69, 9.17) is 9.47 Å². The van der Waals surface area contributed by atoms with E-state index in [1.807, 2.05) is 71.9 Å². The van der Waals surface area contributed by atoms with Crippen molar-refractivity contribution in [2.75, 3.05) is 34.9 Å². The minimum absolute atomic E-state index is 0.0265. The Morgan fingerprint density at radius 1 is 0.880 bits per heavy atom. The second kappa shape index (κ2) is 20.1. The molecule has 1 aliphatic rings. The average Bonchev–Trinajstić information content (AvgIpc) is 3.56. The Morgan fingerprint density at radius 2 is 1.48 bits per heavy atom. The third-order valence-electron chi connectivity index (χ3n) is 10.2. The molecule has 4 N–H and O–H groups in total. The molecule has 1 fully saturated rings. The summed E-state index contributed by atoms with van der Waals surface area (Å²) >= 11 is 0. The van der Waals surface area contributed by atoms with E-state index in [0.717, 1.165) is 6.42 Å². The maximum Gasteiger partial charge on any atom is 0.245 e. The van der Waals surface area contributed by atoms with Crippen LogP contribution in [0.3, 0.4) is 0 Å². The standard InChI is InChI=1S/C38H65N5O7/c1-22(2)31(39-9)37(47)41-32(23(3)4)38(48)42(10)33(24(5)6)29(49-11)21-30(44)43-20-16-19-28(43)35(50-12)25(7)36(46)40-26(8)34(45)27-17-14-13-15-18-27/h13-15,17-18,22-26,28-29,31-35,39,45H,16,19-21H2,1-12H3,(H,40,46)(H,41,47)/t25-,26-,28+,29-,31+,32+,33+,34?,35-/m0/s1. The summed E-state index contributed by atoms with van der Waals surface area (Å²) in [5.74, 6) is -1.70. The first-order chi connectivity index (χ1) is 23.5. The van der Waals surface area contributed by atoms with E-state index in [-0.39, 0.29) is 53.8 Å². The molecular weight excluding hydrogens is 638 g/mol. The van der Waals surface area contributed by atoms with Gasteiger partial charge in [-0.1, -0.05) is 78.8 Å². The molecule has 9 atom stereocenters. The highest BCUT2D eigenvalue weighted by Crippen LogP contribution is 2.29. The molecule has 0 spiro atoms. The molecule has 0 bridgehead atoms. The molecule has 1 aromatic carbocycles. The summed E-state index contributed by atoms with van der Waals surface area (Å²) in [6.07, 6.45) is -0.607. The molecule has 4 amide bonds. The van der Waals surface area contributed by atoms with Crippen molar-refractivity contribution in [1.29, 1.82) is 0 Å². The Bertz CT molecular complexity index is 1230. The largest absolute Gasteiger partial charge is 0.386 e. The van der Waals surface area contributed by atoms with Gasteiger partial charge in [0, 0.05) is 27.8 Å². The van der Waals surface area contributed by atoms with E-state index < -0.39 is 48.4 Å². The van der Waals surface area contributed by atoms with E-state index in [1.165, 1.54) is 0 Å². The fourth-order valence-corrected chi connectivity index (χ4v) is 7.31. The van der Waals surface area contributed by atoms with Crippen LogP contribution in [0.15, 0.2) is 30.3 Å². The van der Waals surface area contributed by atoms with Gasteiger partial charge in [-0.25, -0.2) is 0 Å². The number of nitrogens with one attached hydrogen (secondary N) is 3. The fraction of sp³-hybridized carbons (Fsp3) is 0.737. The van der Waals surface area contributed by atoms with Crippen molar-refractivity contribution in [2.24, 2.45) is 23.7 Å². The normalized spacial score (nSPS) is 19.8. The molecule has 1 aliphatic heterocycles. The zero-order valence-electron chi connectivity index (χ0n) is 32.4. The quantitative estimate of drug-likeness (QED) is 0.172. The summed E-state index contributed by atoms with van der Waals surface area (Å²) in [4.78, 5) is 58.0. The molecule has 0 aromatic heterocycles. The van der Waals surface area contributed by atoms with Crippen molar-refractivity contribution >= 4 is 23.6 Å². The second-order valence-electron chi connectivity index (χ2n) is 14.8. The molecule has 1 aromatic rings. The third kappa shape index (κ3) is 11.0. The minimum atomic E-state index is -0.875. The Kier molecular flexibility index (Phi) is 17.3. The molecular formula is C38H65N5O7. The van der Waals surface area contributed by atoms with Gasteiger partial charge in [0.05, 0.1) is 54.8 Å². The first kappa shape index (κ1) is 43.1. The van der Waals surface area contributed by atoms with Gasteiger partial charge in [0.1, 0.15) is 6.04 Å². The fourth-order valence-electron chi connectivity index (χ4n) is 7.31. The number of benzene rings is 1. The predicted octanol–water partition coefficient (Wildman–Crippen LogP) is 3.14. The number of nitrogens with zero attached hydrogens (tertiary/aromatic N) is 2. The topological polar surface area (TPSA) is 150 Å². The molecule has 2 rings (SSSR count). The highest BCUT2D eigenvalue weighted by molar-refractivity contribution is 5.90. The van der Waals surface area contributed by atoms with Crippen molar-refractivity contribution in [3.63, 3.8) is 0 Å². The highest BCUT2D eigenvalue weighted by atomic mass is 16.5. The Hall–Kier alpha value is -3.06. The molecule has 1 unspecified atom stereocenters. The van der Waals surface area contributed by atoms with Crippen LogP contribution in [-0.4, -0.2) is 116 Å². The zero-order chi connectivity index (χ0) is 37.9. The Labute approximate surface area is 300 Å². The molecule has 284 valence electrons. The number of hydrogen-bond acceptors (Lipinski definition) is 8. The van der Waals surface area contributed by atoms with Gasteiger partial charge in [-0.05, 0) is 50.1 Å². The molecule has 1 heterocycles. The van der Waals surface area contributed by atoms with Gasteiger partial charge in [0.15, 0.2) is 0 Å². The molecule has 0 saturated carbocycles. The number of likely N-dealkylation sites (N-methyl/N-ethyl adjacent to an activating group) is 2. The Morgan fingerprint density at radius 3 is 1.98 bits per heavy atom.